The first kappa shape index (κ1) is 24.3. The van der Waals surface area contributed by atoms with Crippen molar-refractivity contribution >= 4 is 40.8 Å². The number of ether oxygens (including phenoxy) is 2. The maximum absolute atomic E-state index is 13.9. The van der Waals surface area contributed by atoms with E-state index in [4.69, 9.17) is 9.47 Å². The second kappa shape index (κ2) is 12.1. The van der Waals surface area contributed by atoms with Crippen molar-refractivity contribution in [1.29, 1.82) is 0 Å². The minimum absolute atomic E-state index is 0.0311. The lowest BCUT2D eigenvalue weighted by molar-refractivity contribution is -0.128. The Hall–Kier alpha value is -2.30. The molecule has 0 aliphatic rings. The van der Waals surface area contributed by atoms with Gasteiger partial charge in [-0.2, -0.15) is 0 Å². The smallest absolute Gasteiger partial charge is 0.233 e. The van der Waals surface area contributed by atoms with Crippen LogP contribution in [0.3, 0.4) is 0 Å². The average molecular weight is 494 g/mol. The molecule has 32 heavy (non-hydrogen) atoms. The Kier molecular flexibility index (Phi) is 9.19. The van der Waals surface area contributed by atoms with Crippen molar-refractivity contribution in [2.24, 2.45) is 0 Å². The van der Waals surface area contributed by atoms with Crippen LogP contribution in [0.15, 0.2) is 51.1 Å². The van der Waals surface area contributed by atoms with E-state index in [1.165, 1.54) is 41.8 Å². The normalized spacial score (nSPS) is 10.8. The second-order valence-electron chi connectivity index (χ2n) is 6.64. The van der Waals surface area contributed by atoms with Gasteiger partial charge in [0.15, 0.2) is 20.2 Å². The van der Waals surface area contributed by atoms with E-state index in [1.807, 2.05) is 31.2 Å². The topological polar surface area (TPSA) is 64.5 Å². The zero-order valence-corrected chi connectivity index (χ0v) is 20.5. The van der Waals surface area contributed by atoms with Gasteiger partial charge in [-0.05, 0) is 42.3 Å². The number of hydrogen-bond donors (Lipinski definition) is 0. The maximum Gasteiger partial charge on any atom is 0.233 e. The molecule has 0 unspecified atom stereocenters. The molecule has 0 saturated heterocycles. The molecule has 0 aliphatic heterocycles. The van der Waals surface area contributed by atoms with E-state index in [1.54, 1.807) is 35.9 Å². The molecule has 0 aliphatic carbocycles. The van der Waals surface area contributed by atoms with Crippen LogP contribution >= 0.6 is 34.9 Å². The Balaban J connectivity index is 1.49. The zero-order chi connectivity index (χ0) is 22.9. The van der Waals surface area contributed by atoms with E-state index < -0.39 is 5.82 Å². The summed E-state index contributed by atoms with van der Waals surface area (Å²) in [5.74, 6) is 1.59. The third kappa shape index (κ3) is 6.85. The van der Waals surface area contributed by atoms with E-state index in [9.17, 15) is 9.18 Å². The highest BCUT2D eigenvalue weighted by atomic mass is 32.2. The van der Waals surface area contributed by atoms with Gasteiger partial charge in [0.05, 0.1) is 20.0 Å². The summed E-state index contributed by atoms with van der Waals surface area (Å²) >= 11 is 4.45. The van der Waals surface area contributed by atoms with Gasteiger partial charge in [-0.25, -0.2) is 4.39 Å². The highest BCUT2D eigenvalue weighted by Gasteiger charge is 2.15. The lowest BCUT2D eigenvalue weighted by atomic mass is 10.2. The summed E-state index contributed by atoms with van der Waals surface area (Å²) in [6, 6.07) is 12.7. The number of halogens is 1. The van der Waals surface area contributed by atoms with Crippen LogP contribution < -0.4 is 9.47 Å². The molecule has 170 valence electrons. The van der Waals surface area contributed by atoms with Gasteiger partial charge in [0.1, 0.15) is 5.75 Å². The summed E-state index contributed by atoms with van der Waals surface area (Å²) in [6.07, 6.45) is 0. The summed E-state index contributed by atoms with van der Waals surface area (Å²) in [7, 11) is 3.07. The van der Waals surface area contributed by atoms with Gasteiger partial charge in [0, 0.05) is 18.8 Å². The minimum atomic E-state index is -0.434. The van der Waals surface area contributed by atoms with Gasteiger partial charge in [0.25, 0.3) is 0 Å². The summed E-state index contributed by atoms with van der Waals surface area (Å²) in [6.45, 7) is 2.78. The summed E-state index contributed by atoms with van der Waals surface area (Å²) in [5.41, 5.74) is 1.89. The first-order valence-electron chi connectivity index (χ1n) is 9.84. The quantitative estimate of drug-likeness (QED) is 0.343. The molecule has 2 aromatic carbocycles. The van der Waals surface area contributed by atoms with Crippen molar-refractivity contribution in [2.45, 2.75) is 27.9 Å². The molecule has 6 nitrogen and oxygen atoms in total. The zero-order valence-electron chi connectivity index (χ0n) is 18.0. The fourth-order valence-corrected chi connectivity index (χ4v) is 5.68. The minimum Gasteiger partial charge on any atom is -0.497 e. The number of carbonyl (C=O) groups is 1. The Bertz CT molecular complexity index is 1030. The first-order chi connectivity index (χ1) is 15.5. The number of nitrogens with zero attached hydrogens (tertiary/aromatic N) is 3. The largest absolute Gasteiger partial charge is 0.497 e. The second-order valence-corrected chi connectivity index (χ2v) is 10.1. The van der Waals surface area contributed by atoms with Gasteiger partial charge in [-0.3, -0.25) is 4.79 Å². The fraction of sp³-hybridized carbons (Fsp3) is 0.318. The molecule has 3 aromatic rings. The molecule has 0 N–H and O–H groups in total. The number of methoxy groups -OCH3 is 2. The predicted octanol–water partition coefficient (Wildman–Crippen LogP) is 5.13. The molecular formula is C22H24FN3O3S3. The summed E-state index contributed by atoms with van der Waals surface area (Å²) in [4.78, 5) is 14.3. The molecule has 1 amide bonds. The van der Waals surface area contributed by atoms with Gasteiger partial charge in [-0.1, -0.05) is 53.1 Å². The van der Waals surface area contributed by atoms with E-state index in [0.717, 1.165) is 25.7 Å². The molecule has 0 bridgehead atoms. The maximum atomic E-state index is 13.9. The molecule has 0 fully saturated rings. The van der Waals surface area contributed by atoms with Crippen LogP contribution in [0.5, 0.6) is 11.5 Å². The van der Waals surface area contributed by atoms with Crippen LogP contribution in [0.4, 0.5) is 4.39 Å². The standard InChI is InChI=1S/C22H24FN3O3S3/c1-4-26(12-16-7-10-19(29-3)18(23)11-16)20(27)14-31-22-25-24-21(32-22)30-13-15-5-8-17(28-2)9-6-15/h5-11H,4,12-14H2,1-3H3. The van der Waals surface area contributed by atoms with Gasteiger partial charge in [0.2, 0.25) is 5.91 Å². The number of thioether (sulfide) groups is 2. The van der Waals surface area contributed by atoms with E-state index in [2.05, 4.69) is 10.2 Å². The summed E-state index contributed by atoms with van der Waals surface area (Å²) in [5, 5.41) is 8.39. The lowest BCUT2D eigenvalue weighted by Crippen LogP contribution is -2.31. The third-order valence-electron chi connectivity index (χ3n) is 4.55. The Morgan fingerprint density at radius 2 is 1.72 bits per heavy atom. The molecule has 0 spiro atoms. The number of carbonyl (C=O) groups excluding carboxylic acids is 1. The SMILES string of the molecule is CCN(Cc1ccc(OC)c(F)c1)C(=O)CSc1nnc(SCc2ccc(OC)cc2)s1. The molecular weight excluding hydrogens is 469 g/mol. The van der Waals surface area contributed by atoms with E-state index in [-0.39, 0.29) is 17.4 Å². The van der Waals surface area contributed by atoms with Crippen molar-refractivity contribution in [3.63, 3.8) is 0 Å². The molecule has 1 aromatic heterocycles. The first-order valence-corrected chi connectivity index (χ1v) is 12.6. The Morgan fingerprint density at radius 3 is 2.34 bits per heavy atom. The molecule has 1 heterocycles. The number of rotatable bonds is 11. The van der Waals surface area contributed by atoms with Crippen LogP contribution in [0.25, 0.3) is 0 Å². The van der Waals surface area contributed by atoms with Gasteiger partial charge < -0.3 is 14.4 Å². The van der Waals surface area contributed by atoms with Crippen molar-refractivity contribution in [2.75, 3.05) is 26.5 Å². The predicted molar refractivity (Wildman–Crippen MR) is 127 cm³/mol. The van der Waals surface area contributed by atoms with Crippen molar-refractivity contribution in [3.05, 3.63) is 59.4 Å². The van der Waals surface area contributed by atoms with Gasteiger partial charge >= 0.3 is 0 Å². The Labute approximate surface area is 199 Å². The van der Waals surface area contributed by atoms with E-state index >= 15 is 0 Å². The highest BCUT2D eigenvalue weighted by molar-refractivity contribution is 8.03. The number of aromatic nitrogens is 2. The molecule has 0 atom stereocenters. The van der Waals surface area contributed by atoms with Crippen molar-refractivity contribution in [3.8, 4) is 11.5 Å². The number of amides is 1. The molecule has 10 heteroatoms. The van der Waals surface area contributed by atoms with Crippen LogP contribution in [-0.2, 0) is 17.1 Å². The fourth-order valence-electron chi connectivity index (χ4n) is 2.80. The number of hydrogen-bond acceptors (Lipinski definition) is 8. The molecule has 0 saturated carbocycles. The average Bonchev–Trinajstić information content (AvgIpc) is 3.28. The van der Waals surface area contributed by atoms with Crippen LogP contribution in [0.1, 0.15) is 18.1 Å². The van der Waals surface area contributed by atoms with Crippen LogP contribution in [0.2, 0.25) is 0 Å². The monoisotopic (exact) mass is 493 g/mol. The summed E-state index contributed by atoms with van der Waals surface area (Å²) < 4.78 is 25.7. The van der Waals surface area contributed by atoms with E-state index in [0.29, 0.717) is 13.1 Å². The lowest BCUT2D eigenvalue weighted by Gasteiger charge is -2.21. The third-order valence-corrected chi connectivity index (χ3v) is 7.80. The van der Waals surface area contributed by atoms with Crippen molar-refractivity contribution < 1.29 is 18.7 Å². The van der Waals surface area contributed by atoms with Crippen LogP contribution in [0, 0.1) is 5.82 Å². The highest BCUT2D eigenvalue weighted by Crippen LogP contribution is 2.31. The van der Waals surface area contributed by atoms with Crippen molar-refractivity contribution in [1.82, 2.24) is 15.1 Å². The van der Waals surface area contributed by atoms with Gasteiger partial charge in [-0.15, -0.1) is 10.2 Å². The number of benzene rings is 2. The van der Waals surface area contributed by atoms with Crippen LogP contribution in [-0.4, -0.2) is 47.5 Å². The Morgan fingerprint density at radius 1 is 1.03 bits per heavy atom. The molecule has 3 rings (SSSR count). The molecule has 0 radical (unpaired) electrons.